The average Bonchev–Trinajstić information content (AvgIpc) is 3.00. The molecule has 1 saturated carbocycles. The van der Waals surface area contributed by atoms with Gasteiger partial charge < -0.3 is 10.0 Å². The number of amides is 1. The van der Waals surface area contributed by atoms with E-state index < -0.39 is 17.7 Å². The normalized spacial score (nSPS) is 22.6. The standard InChI is InChI=1S/C23H22ClNO3/c24-17-13-11-15(12-14-17)20-19(21(26)16-7-3-1-4-8-16)22(27)23(28)25(20)18-9-5-2-6-10-18/h1,3-4,7-8,11-14,18,20,26H,2,5-6,9-10H2/t20-/m0/s1. The van der Waals surface area contributed by atoms with E-state index in [0.29, 0.717) is 10.6 Å². The number of carbonyl (C=O) groups excluding carboxylic acids is 2. The third-order valence-electron chi connectivity index (χ3n) is 5.68. The van der Waals surface area contributed by atoms with E-state index in [0.717, 1.165) is 37.7 Å². The highest BCUT2D eigenvalue weighted by atomic mass is 35.5. The topological polar surface area (TPSA) is 57.6 Å². The van der Waals surface area contributed by atoms with Gasteiger partial charge in [0, 0.05) is 16.6 Å². The van der Waals surface area contributed by atoms with Crippen molar-refractivity contribution in [3.8, 4) is 0 Å². The van der Waals surface area contributed by atoms with Gasteiger partial charge in [-0.2, -0.15) is 0 Å². The number of benzene rings is 2. The molecule has 2 fully saturated rings. The lowest BCUT2D eigenvalue weighted by molar-refractivity contribution is -0.141. The van der Waals surface area contributed by atoms with Gasteiger partial charge in [0.05, 0.1) is 11.6 Å². The summed E-state index contributed by atoms with van der Waals surface area (Å²) in [5.74, 6) is -1.27. The Morgan fingerprint density at radius 3 is 2.21 bits per heavy atom. The lowest BCUT2D eigenvalue weighted by Crippen LogP contribution is -2.40. The average molecular weight is 396 g/mol. The molecule has 1 aliphatic heterocycles. The van der Waals surface area contributed by atoms with Gasteiger partial charge in [0.25, 0.3) is 11.7 Å². The second-order valence-electron chi connectivity index (χ2n) is 7.42. The van der Waals surface area contributed by atoms with Crippen molar-refractivity contribution in [1.29, 1.82) is 0 Å². The molecule has 0 bridgehead atoms. The molecule has 0 unspecified atom stereocenters. The summed E-state index contributed by atoms with van der Waals surface area (Å²) in [5, 5.41) is 11.5. The highest BCUT2D eigenvalue weighted by Gasteiger charge is 2.48. The maximum atomic E-state index is 13.0. The van der Waals surface area contributed by atoms with Crippen LogP contribution in [-0.4, -0.2) is 27.7 Å². The summed E-state index contributed by atoms with van der Waals surface area (Å²) in [5.41, 5.74) is 1.47. The lowest BCUT2D eigenvalue weighted by atomic mass is 9.91. The molecule has 5 heteroatoms. The van der Waals surface area contributed by atoms with E-state index in [-0.39, 0.29) is 17.4 Å². The first-order chi connectivity index (χ1) is 13.6. The summed E-state index contributed by atoms with van der Waals surface area (Å²) >= 11 is 6.05. The van der Waals surface area contributed by atoms with Gasteiger partial charge in [-0.1, -0.05) is 73.3 Å². The molecular weight excluding hydrogens is 374 g/mol. The smallest absolute Gasteiger partial charge is 0.295 e. The molecular formula is C23H22ClNO3. The Balaban J connectivity index is 1.86. The van der Waals surface area contributed by atoms with Crippen molar-refractivity contribution in [2.45, 2.75) is 44.2 Å². The Morgan fingerprint density at radius 2 is 1.57 bits per heavy atom. The molecule has 2 aromatic carbocycles. The van der Waals surface area contributed by atoms with Crippen LogP contribution in [0.4, 0.5) is 0 Å². The first kappa shape index (κ1) is 18.8. The molecule has 2 aliphatic rings. The number of likely N-dealkylation sites (tertiary alicyclic amines) is 1. The van der Waals surface area contributed by atoms with Gasteiger partial charge in [-0.25, -0.2) is 0 Å². The van der Waals surface area contributed by atoms with Crippen molar-refractivity contribution in [2.24, 2.45) is 0 Å². The van der Waals surface area contributed by atoms with Crippen LogP contribution in [-0.2, 0) is 9.59 Å². The largest absolute Gasteiger partial charge is 0.507 e. The van der Waals surface area contributed by atoms with Crippen LogP contribution in [0.2, 0.25) is 5.02 Å². The summed E-state index contributed by atoms with van der Waals surface area (Å²) in [7, 11) is 0. The molecule has 4 nitrogen and oxygen atoms in total. The van der Waals surface area contributed by atoms with E-state index >= 15 is 0 Å². The summed E-state index contributed by atoms with van der Waals surface area (Å²) in [4.78, 5) is 27.7. The molecule has 144 valence electrons. The van der Waals surface area contributed by atoms with Crippen molar-refractivity contribution in [1.82, 2.24) is 4.90 Å². The van der Waals surface area contributed by atoms with Crippen molar-refractivity contribution in [3.05, 3.63) is 76.3 Å². The molecule has 2 aromatic rings. The molecule has 1 amide bonds. The molecule has 4 rings (SSSR count). The Bertz CT molecular complexity index is 915. The van der Waals surface area contributed by atoms with Crippen LogP contribution >= 0.6 is 11.6 Å². The number of nitrogens with zero attached hydrogens (tertiary/aromatic N) is 1. The second kappa shape index (κ2) is 7.80. The number of Topliss-reactive ketones (excluding diaryl/α,β-unsaturated/α-hetero) is 1. The van der Waals surface area contributed by atoms with E-state index in [9.17, 15) is 14.7 Å². The lowest BCUT2D eigenvalue weighted by Gasteiger charge is -2.35. The zero-order chi connectivity index (χ0) is 19.7. The highest BCUT2D eigenvalue weighted by molar-refractivity contribution is 6.46. The van der Waals surface area contributed by atoms with Gasteiger partial charge in [-0.15, -0.1) is 0 Å². The van der Waals surface area contributed by atoms with E-state index in [1.54, 1.807) is 41.3 Å². The number of halogens is 1. The zero-order valence-corrected chi connectivity index (χ0v) is 16.2. The monoisotopic (exact) mass is 395 g/mol. The fourth-order valence-corrected chi connectivity index (χ4v) is 4.44. The predicted molar refractivity (Wildman–Crippen MR) is 109 cm³/mol. The molecule has 0 radical (unpaired) electrons. The number of hydrogen-bond donors (Lipinski definition) is 1. The van der Waals surface area contributed by atoms with Crippen LogP contribution in [0, 0.1) is 0 Å². The maximum Gasteiger partial charge on any atom is 0.295 e. The van der Waals surface area contributed by atoms with Crippen LogP contribution < -0.4 is 0 Å². The Morgan fingerprint density at radius 1 is 0.929 bits per heavy atom. The Labute approximate surface area is 169 Å². The minimum atomic E-state index is -0.619. The van der Waals surface area contributed by atoms with Gasteiger partial charge >= 0.3 is 0 Å². The van der Waals surface area contributed by atoms with Gasteiger partial charge in [-0.3, -0.25) is 9.59 Å². The quantitative estimate of drug-likeness (QED) is 0.447. The maximum absolute atomic E-state index is 13.0. The van der Waals surface area contributed by atoms with Crippen LogP contribution in [0.3, 0.4) is 0 Å². The minimum absolute atomic E-state index is 0.00644. The fraction of sp³-hybridized carbons (Fsp3) is 0.304. The Hall–Kier alpha value is -2.59. The van der Waals surface area contributed by atoms with Gasteiger partial charge in [-0.05, 0) is 30.5 Å². The summed E-state index contributed by atoms with van der Waals surface area (Å²) in [6.07, 6.45) is 4.99. The van der Waals surface area contributed by atoms with E-state index in [4.69, 9.17) is 11.6 Å². The fourth-order valence-electron chi connectivity index (χ4n) is 4.31. The molecule has 0 spiro atoms. The zero-order valence-electron chi connectivity index (χ0n) is 15.5. The van der Waals surface area contributed by atoms with Crippen molar-refractivity contribution in [3.63, 3.8) is 0 Å². The first-order valence-electron chi connectivity index (χ1n) is 9.69. The highest BCUT2D eigenvalue weighted by Crippen LogP contribution is 2.43. The number of hydrogen-bond acceptors (Lipinski definition) is 3. The number of aliphatic hydroxyl groups excluding tert-OH is 1. The molecule has 1 saturated heterocycles. The van der Waals surface area contributed by atoms with E-state index in [1.807, 2.05) is 18.2 Å². The SMILES string of the molecule is O=C1C(=O)N(C2CCCCC2)[C@@H](c2ccc(Cl)cc2)C1=C(O)c1ccccc1. The van der Waals surface area contributed by atoms with E-state index in [1.165, 1.54) is 0 Å². The van der Waals surface area contributed by atoms with Crippen LogP contribution in [0.1, 0.15) is 49.3 Å². The molecule has 1 aliphatic carbocycles. The molecule has 28 heavy (non-hydrogen) atoms. The van der Waals surface area contributed by atoms with Gasteiger partial charge in [0.1, 0.15) is 5.76 Å². The summed E-state index contributed by atoms with van der Waals surface area (Å²) in [6, 6.07) is 15.5. The third-order valence-corrected chi connectivity index (χ3v) is 5.93. The van der Waals surface area contributed by atoms with Gasteiger partial charge in [0.15, 0.2) is 0 Å². The summed E-state index contributed by atoms with van der Waals surface area (Å²) < 4.78 is 0. The molecule has 1 atom stereocenters. The van der Waals surface area contributed by atoms with Crippen LogP contribution in [0.15, 0.2) is 60.2 Å². The third kappa shape index (κ3) is 3.33. The number of ketones is 1. The van der Waals surface area contributed by atoms with Crippen molar-refractivity contribution < 1.29 is 14.7 Å². The molecule has 0 aromatic heterocycles. The van der Waals surface area contributed by atoms with Crippen LogP contribution in [0.25, 0.3) is 5.76 Å². The predicted octanol–water partition coefficient (Wildman–Crippen LogP) is 5.09. The van der Waals surface area contributed by atoms with Crippen LogP contribution in [0.5, 0.6) is 0 Å². The van der Waals surface area contributed by atoms with E-state index in [2.05, 4.69) is 0 Å². The van der Waals surface area contributed by atoms with Crippen molar-refractivity contribution in [2.75, 3.05) is 0 Å². The Kier molecular flexibility index (Phi) is 5.23. The first-order valence-corrected chi connectivity index (χ1v) is 10.1. The second-order valence-corrected chi connectivity index (χ2v) is 7.85. The number of aliphatic hydroxyl groups is 1. The molecule has 1 heterocycles. The molecule has 1 N–H and O–H groups in total. The van der Waals surface area contributed by atoms with Crippen molar-refractivity contribution >= 4 is 29.1 Å². The minimum Gasteiger partial charge on any atom is -0.507 e. The number of carbonyl (C=O) groups is 2. The van der Waals surface area contributed by atoms with Gasteiger partial charge in [0.2, 0.25) is 0 Å². The summed E-state index contributed by atoms with van der Waals surface area (Å²) in [6.45, 7) is 0. The number of rotatable bonds is 3.